The van der Waals surface area contributed by atoms with Crippen molar-refractivity contribution < 1.29 is 44.0 Å². The van der Waals surface area contributed by atoms with Crippen molar-refractivity contribution in [2.24, 2.45) is 0 Å². The largest absolute Gasteiger partial charge is 1.00 e. The summed E-state index contributed by atoms with van der Waals surface area (Å²) in [6, 6.07) is 4.34. The Morgan fingerprint density at radius 3 is 2.73 bits per heavy atom. The van der Waals surface area contributed by atoms with Gasteiger partial charge in [0, 0.05) is 0 Å². The van der Waals surface area contributed by atoms with E-state index in [1.807, 2.05) is 6.20 Å². The molecule has 1 heterocycles. The van der Waals surface area contributed by atoms with Crippen LogP contribution in [0, 0.1) is 0 Å². The van der Waals surface area contributed by atoms with Gasteiger partial charge >= 0.3 is 86.8 Å². The molecule has 3 rings (SSSR count). The third kappa shape index (κ3) is 2.12. The summed E-state index contributed by atoms with van der Waals surface area (Å²) in [5.74, 6) is 0. The molecule has 0 aliphatic heterocycles. The van der Waals surface area contributed by atoms with Gasteiger partial charge in [-0.05, 0) is 0 Å². The summed E-state index contributed by atoms with van der Waals surface area (Å²) in [6.45, 7) is 0. The van der Waals surface area contributed by atoms with Gasteiger partial charge in [-0.2, -0.15) is 0 Å². The van der Waals surface area contributed by atoms with Crippen LogP contribution in [0.25, 0.3) is 0 Å². The monoisotopic (exact) mass is 275 g/mol. The summed E-state index contributed by atoms with van der Waals surface area (Å²) in [5, 5.41) is 0. The first-order valence-corrected chi connectivity index (χ1v) is 6.26. The summed E-state index contributed by atoms with van der Waals surface area (Å²) >= 11 is -0.0289. The molecule has 0 bridgehead atoms. The van der Waals surface area contributed by atoms with E-state index in [1.54, 1.807) is 5.57 Å². The van der Waals surface area contributed by atoms with Crippen molar-refractivity contribution in [3.05, 3.63) is 42.1 Å². The van der Waals surface area contributed by atoms with Gasteiger partial charge < -0.3 is 24.8 Å². The minimum Gasteiger partial charge on any atom is -1.00 e. The molecule has 1 nitrogen and oxygen atoms in total. The maximum atomic E-state index is 3.34. The van der Waals surface area contributed by atoms with E-state index in [0.717, 1.165) is 0 Å². The van der Waals surface area contributed by atoms with Gasteiger partial charge in [-0.3, -0.25) is 0 Å². The molecule has 1 unspecified atom stereocenters. The molecular formula is C11H11Cl2NTi. The third-order valence-electron chi connectivity index (χ3n) is 3.00. The van der Waals surface area contributed by atoms with Gasteiger partial charge in [0.15, 0.2) is 0 Å². The fourth-order valence-corrected chi connectivity index (χ4v) is 4.64. The third-order valence-corrected chi connectivity index (χ3v) is 5.75. The van der Waals surface area contributed by atoms with Crippen LogP contribution in [0.3, 0.4) is 0 Å². The molecule has 15 heavy (non-hydrogen) atoms. The van der Waals surface area contributed by atoms with Gasteiger partial charge in [-0.25, -0.2) is 0 Å². The van der Waals surface area contributed by atoms with Crippen LogP contribution in [-0.2, 0) is 19.2 Å². The first-order chi connectivity index (χ1) is 6.39. The van der Waals surface area contributed by atoms with Crippen LogP contribution in [0.4, 0.5) is 0 Å². The van der Waals surface area contributed by atoms with Crippen molar-refractivity contribution in [3.8, 4) is 0 Å². The van der Waals surface area contributed by atoms with Crippen molar-refractivity contribution in [2.45, 2.75) is 16.6 Å². The van der Waals surface area contributed by atoms with Gasteiger partial charge in [0.05, 0.1) is 0 Å². The Balaban J connectivity index is 0.000000562. The second-order valence-electron chi connectivity index (χ2n) is 3.73. The van der Waals surface area contributed by atoms with Crippen molar-refractivity contribution in [1.82, 2.24) is 4.98 Å². The number of hydrogen-bond acceptors (Lipinski definition) is 0. The van der Waals surface area contributed by atoms with Crippen LogP contribution in [0.1, 0.15) is 12.8 Å². The van der Waals surface area contributed by atoms with Crippen molar-refractivity contribution in [1.29, 1.82) is 0 Å². The zero-order valence-corrected chi connectivity index (χ0v) is 11.2. The molecule has 0 amide bonds. The van der Waals surface area contributed by atoms with Crippen LogP contribution in [0.5, 0.6) is 0 Å². The molecule has 0 saturated heterocycles. The number of rotatable bonds is 2. The smallest absolute Gasteiger partial charge is 1.00 e. The number of allylic oxidation sites excluding steroid dienone is 4. The van der Waals surface area contributed by atoms with Crippen LogP contribution in [-0.4, -0.2) is 4.98 Å². The maximum Gasteiger partial charge on any atom is -1.00 e. The Morgan fingerprint density at radius 2 is 2.20 bits per heavy atom. The van der Waals surface area contributed by atoms with Crippen molar-refractivity contribution >= 4 is 4.00 Å². The van der Waals surface area contributed by atoms with Crippen LogP contribution in [0.15, 0.2) is 42.1 Å². The SMILES string of the molecule is C1=C[C]2([Ti+2][c]3ccc[nH]3)CCC2=C1.[Cl-].[Cl-]. The topological polar surface area (TPSA) is 15.8 Å². The summed E-state index contributed by atoms with van der Waals surface area (Å²) in [5.41, 5.74) is 1.68. The van der Waals surface area contributed by atoms with Gasteiger partial charge in [0.1, 0.15) is 0 Å². The number of halogens is 2. The van der Waals surface area contributed by atoms with Crippen LogP contribution < -0.4 is 28.8 Å². The first-order valence-electron chi connectivity index (χ1n) is 4.70. The van der Waals surface area contributed by atoms with Crippen molar-refractivity contribution in [3.63, 3.8) is 0 Å². The fourth-order valence-electron chi connectivity index (χ4n) is 2.12. The summed E-state index contributed by atoms with van der Waals surface area (Å²) < 4.78 is 2.02. The predicted molar refractivity (Wildman–Crippen MR) is 49.6 cm³/mol. The molecule has 4 heteroatoms. The van der Waals surface area contributed by atoms with E-state index >= 15 is 0 Å². The average molecular weight is 276 g/mol. The van der Waals surface area contributed by atoms with Crippen LogP contribution in [0.2, 0.25) is 3.72 Å². The second-order valence-corrected chi connectivity index (χ2v) is 6.36. The zero-order valence-electron chi connectivity index (χ0n) is 8.13. The Bertz CT molecular complexity index is 383. The van der Waals surface area contributed by atoms with Gasteiger partial charge in [-0.15, -0.1) is 0 Å². The molecule has 1 atom stereocenters. The maximum absolute atomic E-state index is 3.34. The Hall–Kier alpha value is 0.0543. The average Bonchev–Trinajstić information content (AvgIpc) is 2.68. The molecule has 2 aliphatic rings. The Kier molecular flexibility index (Phi) is 4.31. The number of nitrogens with one attached hydrogen (secondary N) is 1. The van der Waals surface area contributed by atoms with Gasteiger partial charge in [-0.1, -0.05) is 0 Å². The number of fused-ring (bicyclic) bond motifs is 1. The fraction of sp³-hybridized carbons (Fsp3) is 0.273. The molecule has 1 aromatic rings. The molecule has 1 N–H and O–H groups in total. The summed E-state index contributed by atoms with van der Waals surface area (Å²) in [6.07, 6.45) is 11.7. The minimum atomic E-state index is -0.0289. The number of H-pyrrole nitrogens is 1. The van der Waals surface area contributed by atoms with E-state index < -0.39 is 0 Å². The van der Waals surface area contributed by atoms with E-state index in [1.165, 1.54) is 16.8 Å². The second kappa shape index (κ2) is 4.92. The molecule has 1 aromatic heterocycles. The minimum absolute atomic E-state index is 0. The Labute approximate surface area is 111 Å². The van der Waals surface area contributed by atoms with E-state index in [0.29, 0.717) is 3.72 Å². The molecule has 2 aliphatic carbocycles. The van der Waals surface area contributed by atoms with E-state index in [9.17, 15) is 0 Å². The molecular weight excluding hydrogens is 265 g/mol. The number of aromatic amines is 1. The molecule has 1 saturated carbocycles. The van der Waals surface area contributed by atoms with Gasteiger partial charge in [0.25, 0.3) is 0 Å². The quantitative estimate of drug-likeness (QED) is 0.533. The van der Waals surface area contributed by atoms with E-state index in [4.69, 9.17) is 0 Å². The zero-order chi connectivity index (χ0) is 8.73. The number of hydrogen-bond donors (Lipinski definition) is 1. The normalized spacial score (nSPS) is 25.2. The summed E-state index contributed by atoms with van der Waals surface area (Å²) in [7, 11) is 0. The summed E-state index contributed by atoms with van der Waals surface area (Å²) in [4.78, 5) is 3.34. The van der Waals surface area contributed by atoms with E-state index in [-0.39, 0.29) is 44.0 Å². The predicted octanol–water partition coefficient (Wildman–Crippen LogP) is -3.82. The molecule has 78 valence electrons. The molecule has 0 spiro atoms. The van der Waals surface area contributed by atoms with E-state index in [2.05, 4.69) is 35.3 Å². The Morgan fingerprint density at radius 1 is 1.33 bits per heavy atom. The van der Waals surface area contributed by atoms with Crippen molar-refractivity contribution in [2.75, 3.05) is 0 Å². The standard InChI is InChI=1S/C7H7.C4H4N.2ClH.Ti/c1-2-6-4-5-7(6)3-1;1-2-4-5-3-1;;;/h1-3H,4-5H2;1-3,5H;2*1H;/q;;;;+2/p-2. The molecule has 1 fully saturated rings. The van der Waals surface area contributed by atoms with Crippen LogP contribution >= 0.6 is 0 Å². The van der Waals surface area contributed by atoms with Gasteiger partial charge in [0.2, 0.25) is 0 Å². The number of aromatic nitrogens is 1. The molecule has 0 aromatic carbocycles. The molecule has 0 radical (unpaired) electrons. The first kappa shape index (κ1) is 13.1.